The Morgan fingerprint density at radius 3 is 2.85 bits per heavy atom. The molecule has 0 aliphatic heterocycles. The van der Waals surface area contributed by atoms with E-state index in [4.69, 9.17) is 5.73 Å². The van der Waals surface area contributed by atoms with Crippen molar-refractivity contribution >= 4 is 5.91 Å². The second-order valence-corrected chi connectivity index (χ2v) is 6.24. The number of nitrogens with one attached hydrogen (secondary N) is 1. The van der Waals surface area contributed by atoms with E-state index >= 15 is 0 Å². The fourth-order valence-electron chi connectivity index (χ4n) is 3.53. The van der Waals surface area contributed by atoms with Gasteiger partial charge in [-0.25, -0.2) is 0 Å². The van der Waals surface area contributed by atoms with Gasteiger partial charge >= 0.3 is 0 Å². The molecule has 1 saturated carbocycles. The highest BCUT2D eigenvalue weighted by Gasteiger charge is 2.29. The van der Waals surface area contributed by atoms with E-state index in [1.54, 1.807) is 0 Å². The maximum atomic E-state index is 12.4. The van der Waals surface area contributed by atoms with Crippen LogP contribution >= 0.6 is 0 Å². The average Bonchev–Trinajstić information content (AvgIpc) is 2.82. The third-order valence-corrected chi connectivity index (χ3v) is 4.83. The van der Waals surface area contributed by atoms with E-state index in [1.165, 1.54) is 11.3 Å². The van der Waals surface area contributed by atoms with Crippen molar-refractivity contribution in [3.8, 4) is 0 Å². The van der Waals surface area contributed by atoms with Crippen LogP contribution in [0.2, 0.25) is 0 Å². The Bertz CT molecular complexity index is 488. The molecule has 1 heterocycles. The van der Waals surface area contributed by atoms with E-state index in [-0.39, 0.29) is 17.9 Å². The van der Waals surface area contributed by atoms with E-state index in [1.807, 2.05) is 17.9 Å². The molecule has 1 aromatic rings. The van der Waals surface area contributed by atoms with Crippen molar-refractivity contribution in [2.24, 2.45) is 18.7 Å². The zero-order valence-electron chi connectivity index (χ0n) is 12.1. The summed E-state index contributed by atoms with van der Waals surface area (Å²) in [6.07, 6.45) is 8.93. The van der Waals surface area contributed by atoms with Crippen LogP contribution in [0.15, 0.2) is 6.20 Å². The number of aryl methyl sites for hydroxylation is 1. The molecule has 1 aromatic heterocycles. The number of hydrogen-bond donors (Lipinski definition) is 2. The normalized spacial score (nSPS) is 29.8. The van der Waals surface area contributed by atoms with Gasteiger partial charge in [-0.05, 0) is 44.9 Å². The third-order valence-electron chi connectivity index (χ3n) is 4.83. The maximum absolute atomic E-state index is 12.4. The predicted molar refractivity (Wildman–Crippen MR) is 77.0 cm³/mol. The summed E-state index contributed by atoms with van der Waals surface area (Å²) in [5.41, 5.74) is 8.38. The van der Waals surface area contributed by atoms with Crippen LogP contribution in [-0.2, 0) is 18.3 Å². The molecule has 0 bridgehead atoms. The molecule has 0 spiro atoms. The number of hydrogen-bond acceptors (Lipinski definition) is 3. The third kappa shape index (κ3) is 2.59. The van der Waals surface area contributed by atoms with E-state index in [9.17, 15) is 4.79 Å². The molecule has 5 heteroatoms. The lowest BCUT2D eigenvalue weighted by molar-refractivity contribution is -0.126. The van der Waals surface area contributed by atoms with Gasteiger partial charge in [0, 0.05) is 30.3 Å². The van der Waals surface area contributed by atoms with Gasteiger partial charge in [-0.3, -0.25) is 9.48 Å². The van der Waals surface area contributed by atoms with Crippen LogP contribution in [0.3, 0.4) is 0 Å². The van der Waals surface area contributed by atoms with Crippen molar-refractivity contribution < 1.29 is 4.79 Å². The Morgan fingerprint density at radius 1 is 1.35 bits per heavy atom. The summed E-state index contributed by atoms with van der Waals surface area (Å²) < 4.78 is 1.94. The van der Waals surface area contributed by atoms with Crippen LogP contribution in [0.4, 0.5) is 0 Å². The topological polar surface area (TPSA) is 72.9 Å². The SMILES string of the molecule is Cn1ncc2c1CCCC2NC(=O)C1CCC(N)CC1. The second-order valence-electron chi connectivity index (χ2n) is 6.24. The summed E-state index contributed by atoms with van der Waals surface area (Å²) in [5, 5.41) is 7.57. The zero-order chi connectivity index (χ0) is 14.1. The lowest BCUT2D eigenvalue weighted by atomic mass is 9.85. The van der Waals surface area contributed by atoms with E-state index < -0.39 is 0 Å². The fraction of sp³-hybridized carbons (Fsp3) is 0.733. The molecule has 2 aliphatic rings. The molecule has 0 radical (unpaired) electrons. The van der Waals surface area contributed by atoms with Crippen LogP contribution in [0.1, 0.15) is 55.8 Å². The fourth-order valence-corrected chi connectivity index (χ4v) is 3.53. The quantitative estimate of drug-likeness (QED) is 0.858. The summed E-state index contributed by atoms with van der Waals surface area (Å²) in [7, 11) is 1.98. The van der Waals surface area contributed by atoms with E-state index in [2.05, 4.69) is 10.4 Å². The Balaban J connectivity index is 1.65. The van der Waals surface area contributed by atoms with Crippen molar-refractivity contribution in [1.29, 1.82) is 0 Å². The number of carbonyl (C=O) groups is 1. The number of nitrogens with two attached hydrogens (primary N) is 1. The van der Waals surface area contributed by atoms with Crippen LogP contribution in [0.25, 0.3) is 0 Å². The Kier molecular flexibility index (Phi) is 3.78. The first-order chi connectivity index (χ1) is 9.65. The maximum Gasteiger partial charge on any atom is 0.223 e. The van der Waals surface area contributed by atoms with E-state index in [0.717, 1.165) is 44.9 Å². The number of nitrogens with zero attached hydrogens (tertiary/aromatic N) is 2. The molecule has 5 nitrogen and oxygen atoms in total. The van der Waals surface area contributed by atoms with Gasteiger partial charge in [-0.1, -0.05) is 0 Å². The Labute approximate surface area is 119 Å². The summed E-state index contributed by atoms with van der Waals surface area (Å²) >= 11 is 0. The molecule has 1 fully saturated rings. The van der Waals surface area contributed by atoms with Crippen LogP contribution in [-0.4, -0.2) is 21.7 Å². The molecule has 3 N–H and O–H groups in total. The monoisotopic (exact) mass is 276 g/mol. The van der Waals surface area contributed by atoms with Gasteiger partial charge in [-0.15, -0.1) is 0 Å². The summed E-state index contributed by atoms with van der Waals surface area (Å²) in [6.45, 7) is 0. The average molecular weight is 276 g/mol. The van der Waals surface area contributed by atoms with Gasteiger partial charge in [0.2, 0.25) is 5.91 Å². The molecule has 1 atom stereocenters. The van der Waals surface area contributed by atoms with Crippen LogP contribution in [0, 0.1) is 5.92 Å². The van der Waals surface area contributed by atoms with Gasteiger partial charge in [0.05, 0.1) is 12.2 Å². The van der Waals surface area contributed by atoms with Crippen molar-refractivity contribution in [2.45, 2.75) is 57.0 Å². The first-order valence-electron chi connectivity index (χ1n) is 7.72. The van der Waals surface area contributed by atoms with Crippen molar-refractivity contribution in [3.63, 3.8) is 0 Å². The standard InChI is InChI=1S/C15H24N4O/c1-19-14-4-2-3-13(12(14)9-17-19)18-15(20)10-5-7-11(16)8-6-10/h9-11,13H,2-8,16H2,1H3,(H,18,20). The minimum Gasteiger partial charge on any atom is -0.349 e. The number of fused-ring (bicyclic) bond motifs is 1. The minimum atomic E-state index is 0.149. The minimum absolute atomic E-state index is 0.149. The number of amides is 1. The zero-order valence-corrected chi connectivity index (χ0v) is 12.1. The molecule has 110 valence electrons. The molecular weight excluding hydrogens is 252 g/mol. The predicted octanol–water partition coefficient (Wildman–Crippen LogP) is 1.43. The number of rotatable bonds is 2. The van der Waals surface area contributed by atoms with E-state index in [0.29, 0.717) is 6.04 Å². The second kappa shape index (κ2) is 5.56. The highest BCUT2D eigenvalue weighted by molar-refractivity contribution is 5.79. The largest absolute Gasteiger partial charge is 0.349 e. The lowest BCUT2D eigenvalue weighted by Gasteiger charge is -2.29. The van der Waals surface area contributed by atoms with Crippen molar-refractivity contribution in [1.82, 2.24) is 15.1 Å². The first kappa shape index (κ1) is 13.6. The summed E-state index contributed by atoms with van der Waals surface area (Å²) in [6, 6.07) is 0.439. The van der Waals surface area contributed by atoms with Crippen molar-refractivity contribution in [2.75, 3.05) is 0 Å². The Hall–Kier alpha value is -1.36. The summed E-state index contributed by atoms with van der Waals surface area (Å²) in [4.78, 5) is 12.4. The molecular formula is C15H24N4O. The van der Waals surface area contributed by atoms with Gasteiger partial charge in [0.25, 0.3) is 0 Å². The molecule has 1 unspecified atom stereocenters. The molecule has 2 aliphatic carbocycles. The van der Waals surface area contributed by atoms with Gasteiger partial charge < -0.3 is 11.1 Å². The molecule has 0 aromatic carbocycles. The van der Waals surface area contributed by atoms with Gasteiger partial charge in [0.1, 0.15) is 0 Å². The molecule has 0 saturated heterocycles. The highest BCUT2D eigenvalue weighted by Crippen LogP contribution is 2.30. The Morgan fingerprint density at radius 2 is 2.10 bits per heavy atom. The first-order valence-corrected chi connectivity index (χ1v) is 7.72. The van der Waals surface area contributed by atoms with Crippen molar-refractivity contribution in [3.05, 3.63) is 17.5 Å². The van der Waals surface area contributed by atoms with Gasteiger partial charge in [-0.2, -0.15) is 5.10 Å². The summed E-state index contributed by atoms with van der Waals surface area (Å²) in [5.74, 6) is 0.357. The van der Waals surface area contributed by atoms with Gasteiger partial charge in [0.15, 0.2) is 0 Å². The van der Waals surface area contributed by atoms with Crippen LogP contribution in [0.5, 0.6) is 0 Å². The number of carbonyl (C=O) groups excluding carboxylic acids is 1. The number of aromatic nitrogens is 2. The van der Waals surface area contributed by atoms with Crippen LogP contribution < -0.4 is 11.1 Å². The highest BCUT2D eigenvalue weighted by atomic mass is 16.1. The smallest absolute Gasteiger partial charge is 0.223 e. The molecule has 20 heavy (non-hydrogen) atoms. The molecule has 1 amide bonds. The molecule has 3 rings (SSSR count). The lowest BCUT2D eigenvalue weighted by Crippen LogP contribution is -2.38.